The highest BCUT2D eigenvalue weighted by Crippen LogP contribution is 2.34. The molecule has 0 bridgehead atoms. The van der Waals surface area contributed by atoms with Crippen LogP contribution in [-0.4, -0.2) is 38.3 Å². The van der Waals surface area contributed by atoms with E-state index in [2.05, 4.69) is 15.0 Å². The SMILES string of the molecule is Cc1ccc(OC[C@H]2O[C@@H](n3cnc4c(Cl)ncnc43)C[C@@H]2Oc2ccc(C)cc2)cc1. The molecular weight excluding hydrogens is 428 g/mol. The van der Waals surface area contributed by atoms with Crippen LogP contribution in [0.3, 0.4) is 0 Å². The molecule has 7 nitrogen and oxygen atoms in total. The van der Waals surface area contributed by atoms with Gasteiger partial charge in [0.2, 0.25) is 0 Å². The Hall–Kier alpha value is -3.16. The van der Waals surface area contributed by atoms with E-state index < -0.39 is 0 Å². The van der Waals surface area contributed by atoms with Crippen LogP contribution in [0.1, 0.15) is 23.8 Å². The van der Waals surface area contributed by atoms with E-state index in [0.717, 1.165) is 11.5 Å². The number of hydrogen-bond donors (Lipinski definition) is 0. The average molecular weight is 451 g/mol. The van der Waals surface area contributed by atoms with E-state index >= 15 is 0 Å². The highest BCUT2D eigenvalue weighted by atomic mass is 35.5. The highest BCUT2D eigenvalue weighted by molar-refractivity contribution is 6.33. The molecule has 0 aliphatic carbocycles. The van der Waals surface area contributed by atoms with Crippen molar-refractivity contribution in [2.75, 3.05) is 6.61 Å². The molecule has 8 heteroatoms. The fraction of sp³-hybridized carbons (Fsp3) is 0.292. The lowest BCUT2D eigenvalue weighted by Gasteiger charge is -2.20. The third kappa shape index (κ3) is 4.26. The van der Waals surface area contributed by atoms with Crippen molar-refractivity contribution in [1.29, 1.82) is 0 Å². The fourth-order valence-electron chi connectivity index (χ4n) is 3.78. The van der Waals surface area contributed by atoms with Crippen molar-refractivity contribution in [2.45, 2.75) is 38.7 Å². The van der Waals surface area contributed by atoms with Crippen LogP contribution in [0.15, 0.2) is 61.2 Å². The van der Waals surface area contributed by atoms with Gasteiger partial charge in [0.05, 0.1) is 6.33 Å². The first-order chi connectivity index (χ1) is 15.6. The molecule has 1 aliphatic heterocycles. The van der Waals surface area contributed by atoms with Gasteiger partial charge in [-0.05, 0) is 38.1 Å². The molecule has 1 saturated heterocycles. The predicted octanol–water partition coefficient (Wildman–Crippen LogP) is 4.91. The minimum absolute atomic E-state index is 0.206. The summed E-state index contributed by atoms with van der Waals surface area (Å²) in [5.74, 6) is 1.59. The van der Waals surface area contributed by atoms with Crippen molar-refractivity contribution in [3.05, 3.63) is 77.5 Å². The van der Waals surface area contributed by atoms with E-state index in [4.69, 9.17) is 25.8 Å². The summed E-state index contributed by atoms with van der Waals surface area (Å²) in [5.41, 5.74) is 3.54. The molecule has 2 aromatic heterocycles. The molecule has 3 atom stereocenters. The van der Waals surface area contributed by atoms with Crippen LogP contribution >= 0.6 is 11.6 Å². The van der Waals surface area contributed by atoms with E-state index in [1.165, 1.54) is 17.5 Å². The largest absolute Gasteiger partial charge is 0.491 e. The number of ether oxygens (including phenoxy) is 3. The van der Waals surface area contributed by atoms with Crippen molar-refractivity contribution in [3.63, 3.8) is 0 Å². The molecule has 0 saturated carbocycles. The zero-order valence-corrected chi connectivity index (χ0v) is 18.6. The van der Waals surface area contributed by atoms with Crippen molar-refractivity contribution in [3.8, 4) is 11.5 Å². The molecule has 1 fully saturated rings. The second kappa shape index (κ2) is 8.76. The minimum atomic E-state index is -0.312. The monoisotopic (exact) mass is 450 g/mol. The average Bonchev–Trinajstić information content (AvgIpc) is 3.40. The van der Waals surface area contributed by atoms with Crippen molar-refractivity contribution >= 4 is 22.8 Å². The number of rotatable bonds is 6. The third-order valence-electron chi connectivity index (χ3n) is 5.55. The molecule has 1 aliphatic rings. The summed E-state index contributed by atoms with van der Waals surface area (Å²) >= 11 is 6.17. The number of benzene rings is 2. The molecule has 2 aromatic carbocycles. The van der Waals surface area contributed by atoms with Crippen LogP contribution in [0, 0.1) is 13.8 Å². The minimum Gasteiger partial charge on any atom is -0.491 e. The molecule has 32 heavy (non-hydrogen) atoms. The Morgan fingerprint density at radius 3 is 2.38 bits per heavy atom. The van der Waals surface area contributed by atoms with Gasteiger partial charge in [-0.1, -0.05) is 47.0 Å². The number of aryl methyl sites for hydroxylation is 2. The van der Waals surface area contributed by atoms with Crippen molar-refractivity contribution < 1.29 is 14.2 Å². The zero-order chi connectivity index (χ0) is 22.1. The first kappa shape index (κ1) is 20.7. The normalized spacial score (nSPS) is 20.5. The van der Waals surface area contributed by atoms with E-state index in [9.17, 15) is 0 Å². The lowest BCUT2D eigenvalue weighted by atomic mass is 10.1. The molecule has 164 valence electrons. The standard InChI is InChI=1S/C24H23ClN4O3/c1-15-3-7-17(8-4-15)30-12-20-19(31-18-9-5-16(2)6-10-18)11-21(32-20)29-14-28-22-23(25)26-13-27-24(22)29/h3-10,13-14,19-21H,11-12H2,1-2H3/t19-,20+,21+/m0/s1. The van der Waals surface area contributed by atoms with Crippen molar-refractivity contribution in [2.24, 2.45) is 0 Å². The van der Waals surface area contributed by atoms with Crippen LogP contribution < -0.4 is 9.47 Å². The Morgan fingerprint density at radius 1 is 0.969 bits per heavy atom. The lowest BCUT2D eigenvalue weighted by Crippen LogP contribution is -2.32. The topological polar surface area (TPSA) is 71.3 Å². The van der Waals surface area contributed by atoms with Crippen LogP contribution in [0.25, 0.3) is 11.2 Å². The molecule has 0 N–H and O–H groups in total. The smallest absolute Gasteiger partial charge is 0.166 e. The summed E-state index contributed by atoms with van der Waals surface area (Å²) in [4.78, 5) is 12.7. The Morgan fingerprint density at radius 2 is 1.66 bits per heavy atom. The molecule has 0 unspecified atom stereocenters. The van der Waals surface area contributed by atoms with Gasteiger partial charge in [-0.15, -0.1) is 0 Å². The van der Waals surface area contributed by atoms with Gasteiger partial charge in [-0.3, -0.25) is 4.57 Å². The molecule has 4 aromatic rings. The number of halogens is 1. The Kier molecular flexibility index (Phi) is 5.68. The Labute approximate surface area is 190 Å². The first-order valence-electron chi connectivity index (χ1n) is 10.5. The summed E-state index contributed by atoms with van der Waals surface area (Å²) in [6.07, 6.45) is 2.93. The first-order valence-corrected chi connectivity index (χ1v) is 10.9. The number of fused-ring (bicyclic) bond motifs is 1. The van der Waals surface area contributed by atoms with E-state index in [1.54, 1.807) is 6.33 Å². The van der Waals surface area contributed by atoms with Gasteiger partial charge in [0.1, 0.15) is 48.4 Å². The maximum atomic E-state index is 6.38. The Bertz CT molecular complexity index is 1210. The lowest BCUT2D eigenvalue weighted by molar-refractivity contribution is -0.0341. The predicted molar refractivity (Wildman–Crippen MR) is 121 cm³/mol. The van der Waals surface area contributed by atoms with Gasteiger partial charge in [0.25, 0.3) is 0 Å². The van der Waals surface area contributed by atoms with Crippen LogP contribution in [0.5, 0.6) is 11.5 Å². The highest BCUT2D eigenvalue weighted by Gasteiger charge is 2.39. The second-order valence-corrected chi connectivity index (χ2v) is 8.30. The van der Waals surface area contributed by atoms with E-state index in [0.29, 0.717) is 29.3 Å². The third-order valence-corrected chi connectivity index (χ3v) is 5.83. The van der Waals surface area contributed by atoms with Gasteiger partial charge in [-0.25, -0.2) is 15.0 Å². The summed E-state index contributed by atoms with van der Waals surface area (Å²) in [6.45, 7) is 4.46. The van der Waals surface area contributed by atoms with Gasteiger partial charge < -0.3 is 14.2 Å². The number of nitrogens with zero attached hydrogens (tertiary/aromatic N) is 4. The van der Waals surface area contributed by atoms with E-state index in [-0.39, 0.29) is 18.4 Å². The summed E-state index contributed by atoms with van der Waals surface area (Å²) in [5, 5.41) is 0.318. The summed E-state index contributed by atoms with van der Waals surface area (Å²) in [6, 6.07) is 16.0. The zero-order valence-electron chi connectivity index (χ0n) is 17.8. The maximum Gasteiger partial charge on any atom is 0.166 e. The van der Waals surface area contributed by atoms with Gasteiger partial charge in [-0.2, -0.15) is 0 Å². The number of hydrogen-bond acceptors (Lipinski definition) is 6. The fourth-order valence-corrected chi connectivity index (χ4v) is 3.96. The van der Waals surface area contributed by atoms with E-state index in [1.807, 2.05) is 66.9 Å². The molecule has 0 spiro atoms. The van der Waals surface area contributed by atoms with Crippen LogP contribution in [0.4, 0.5) is 0 Å². The number of imidazole rings is 1. The molecule has 5 rings (SSSR count). The molecular formula is C24H23ClN4O3. The molecule has 0 amide bonds. The maximum absolute atomic E-state index is 6.38. The van der Waals surface area contributed by atoms with Crippen LogP contribution in [-0.2, 0) is 4.74 Å². The van der Waals surface area contributed by atoms with Crippen LogP contribution in [0.2, 0.25) is 5.15 Å². The quantitative estimate of drug-likeness (QED) is 0.389. The summed E-state index contributed by atoms with van der Waals surface area (Å²) in [7, 11) is 0. The second-order valence-electron chi connectivity index (χ2n) is 7.95. The van der Waals surface area contributed by atoms with Gasteiger partial charge in [0, 0.05) is 6.42 Å². The molecule has 0 radical (unpaired) electrons. The van der Waals surface area contributed by atoms with Gasteiger partial charge >= 0.3 is 0 Å². The molecule has 3 heterocycles. The van der Waals surface area contributed by atoms with Gasteiger partial charge in [0.15, 0.2) is 10.8 Å². The number of aromatic nitrogens is 4. The summed E-state index contributed by atoms with van der Waals surface area (Å²) < 4.78 is 20.6. The Balaban J connectivity index is 1.38. The van der Waals surface area contributed by atoms with Crippen molar-refractivity contribution in [1.82, 2.24) is 19.5 Å².